The molecule has 5 rings (SSSR count). The molecule has 2 fully saturated rings. The van der Waals surface area contributed by atoms with Gasteiger partial charge in [-0.1, -0.05) is 0 Å². The van der Waals surface area contributed by atoms with E-state index in [4.69, 9.17) is 0 Å². The first-order valence-electron chi connectivity index (χ1n) is 11.6. The van der Waals surface area contributed by atoms with E-state index < -0.39 is 39.2 Å². The molecule has 1 aliphatic heterocycles. The molecule has 0 spiro atoms. The molecule has 0 bridgehead atoms. The summed E-state index contributed by atoms with van der Waals surface area (Å²) in [7, 11) is -3.45. The van der Waals surface area contributed by atoms with E-state index in [-0.39, 0.29) is 31.2 Å². The van der Waals surface area contributed by atoms with E-state index in [1.54, 1.807) is 4.57 Å². The SMILES string of the molecule is CS(=O)(=O)N1CC[C@@H](n2c(Nc3c(F)cc(F)cc3F)nc3cnc(N[C@H]4CC[C@H](O)CC4)nc32)C1. The molecule has 0 radical (unpaired) electrons. The van der Waals surface area contributed by atoms with E-state index in [0.717, 1.165) is 19.1 Å². The molecule has 1 saturated heterocycles. The Kier molecular flexibility index (Phi) is 6.51. The number of aliphatic hydroxyl groups is 1. The number of benzene rings is 1. The molecular formula is C22H26F3N7O3S. The van der Waals surface area contributed by atoms with E-state index in [2.05, 4.69) is 25.6 Å². The highest BCUT2D eigenvalue weighted by molar-refractivity contribution is 7.88. The second-order valence-corrected chi connectivity index (χ2v) is 11.3. The zero-order chi connectivity index (χ0) is 25.6. The topological polar surface area (TPSA) is 125 Å². The smallest absolute Gasteiger partial charge is 0.224 e. The Bertz CT molecular complexity index is 1370. The Hall–Kier alpha value is -2.97. The van der Waals surface area contributed by atoms with Gasteiger partial charge in [-0.2, -0.15) is 4.98 Å². The number of anilines is 3. The molecule has 1 atom stereocenters. The molecule has 3 aromatic rings. The molecule has 3 heterocycles. The Morgan fingerprint density at radius 1 is 1.06 bits per heavy atom. The third-order valence-corrected chi connectivity index (χ3v) is 7.94. The van der Waals surface area contributed by atoms with Crippen LogP contribution in [-0.4, -0.2) is 68.8 Å². The third-order valence-electron chi connectivity index (χ3n) is 6.67. The zero-order valence-corrected chi connectivity index (χ0v) is 20.3. The lowest BCUT2D eigenvalue weighted by atomic mass is 9.93. The van der Waals surface area contributed by atoms with Crippen LogP contribution in [0.2, 0.25) is 0 Å². The minimum absolute atomic E-state index is 0.0296. The van der Waals surface area contributed by atoms with Gasteiger partial charge in [0.15, 0.2) is 17.3 Å². The van der Waals surface area contributed by atoms with Gasteiger partial charge in [-0.15, -0.1) is 0 Å². The summed E-state index contributed by atoms with van der Waals surface area (Å²) in [5, 5.41) is 15.6. The summed E-state index contributed by atoms with van der Waals surface area (Å²) < 4.78 is 69.4. The van der Waals surface area contributed by atoms with Gasteiger partial charge in [0.25, 0.3) is 0 Å². The van der Waals surface area contributed by atoms with Gasteiger partial charge in [-0.25, -0.2) is 35.9 Å². The highest BCUT2D eigenvalue weighted by Gasteiger charge is 2.33. The van der Waals surface area contributed by atoms with Gasteiger partial charge in [0, 0.05) is 31.3 Å². The van der Waals surface area contributed by atoms with Crippen LogP contribution in [0.25, 0.3) is 11.2 Å². The van der Waals surface area contributed by atoms with Crippen LogP contribution in [0, 0.1) is 17.5 Å². The molecule has 2 aromatic heterocycles. The number of aliphatic hydroxyl groups excluding tert-OH is 1. The predicted molar refractivity (Wildman–Crippen MR) is 127 cm³/mol. The normalized spacial score (nSPS) is 23.3. The molecule has 0 amide bonds. The number of hydrogen-bond acceptors (Lipinski definition) is 8. The third kappa shape index (κ3) is 4.97. The summed E-state index contributed by atoms with van der Waals surface area (Å²) in [6.07, 6.45) is 5.56. The number of hydrogen-bond donors (Lipinski definition) is 3. The van der Waals surface area contributed by atoms with Crippen LogP contribution in [0.15, 0.2) is 18.3 Å². The van der Waals surface area contributed by atoms with Crippen molar-refractivity contribution in [2.75, 3.05) is 30.0 Å². The van der Waals surface area contributed by atoms with Gasteiger partial charge in [-0.05, 0) is 32.1 Å². The average molecular weight is 526 g/mol. The summed E-state index contributed by atoms with van der Waals surface area (Å²) in [4.78, 5) is 13.3. The molecule has 0 unspecified atom stereocenters. The average Bonchev–Trinajstić information content (AvgIpc) is 3.42. The van der Waals surface area contributed by atoms with E-state index in [9.17, 15) is 26.7 Å². The lowest BCUT2D eigenvalue weighted by Crippen LogP contribution is -2.29. The minimum atomic E-state index is -3.45. The largest absolute Gasteiger partial charge is 0.393 e. The lowest BCUT2D eigenvalue weighted by Gasteiger charge is -2.26. The zero-order valence-electron chi connectivity index (χ0n) is 19.5. The Morgan fingerprint density at radius 3 is 2.39 bits per heavy atom. The molecular weight excluding hydrogens is 499 g/mol. The van der Waals surface area contributed by atoms with Crippen LogP contribution in [0.1, 0.15) is 38.1 Å². The maximum atomic E-state index is 14.4. The lowest BCUT2D eigenvalue weighted by molar-refractivity contribution is 0.126. The van der Waals surface area contributed by atoms with Crippen LogP contribution in [-0.2, 0) is 10.0 Å². The van der Waals surface area contributed by atoms with Gasteiger partial charge in [-0.3, -0.25) is 4.57 Å². The van der Waals surface area contributed by atoms with Crippen molar-refractivity contribution < 1.29 is 26.7 Å². The van der Waals surface area contributed by atoms with Gasteiger partial charge >= 0.3 is 0 Å². The highest BCUT2D eigenvalue weighted by Crippen LogP contribution is 2.33. The first kappa shape index (κ1) is 24.7. The number of halogens is 3. The highest BCUT2D eigenvalue weighted by atomic mass is 32.2. The van der Waals surface area contributed by atoms with Crippen molar-refractivity contribution in [3.05, 3.63) is 35.8 Å². The monoisotopic (exact) mass is 525 g/mol. The fourth-order valence-corrected chi connectivity index (χ4v) is 5.67. The number of nitrogens with zero attached hydrogens (tertiary/aromatic N) is 5. The maximum absolute atomic E-state index is 14.4. The van der Waals surface area contributed by atoms with Crippen molar-refractivity contribution in [1.29, 1.82) is 0 Å². The van der Waals surface area contributed by atoms with Crippen molar-refractivity contribution in [1.82, 2.24) is 23.8 Å². The Morgan fingerprint density at radius 2 is 1.75 bits per heavy atom. The molecule has 10 nitrogen and oxygen atoms in total. The first-order chi connectivity index (χ1) is 17.1. The number of sulfonamides is 1. The summed E-state index contributed by atoms with van der Waals surface area (Å²) in [5.41, 5.74) is 0.106. The Labute approximate surface area is 205 Å². The summed E-state index contributed by atoms with van der Waals surface area (Å²) in [5.74, 6) is -2.97. The van der Waals surface area contributed by atoms with Crippen LogP contribution < -0.4 is 10.6 Å². The van der Waals surface area contributed by atoms with E-state index in [1.807, 2.05) is 0 Å². The van der Waals surface area contributed by atoms with Gasteiger partial charge in [0.05, 0.1) is 24.6 Å². The van der Waals surface area contributed by atoms with Crippen LogP contribution in [0.5, 0.6) is 0 Å². The fraction of sp³-hybridized carbons (Fsp3) is 0.500. The van der Waals surface area contributed by atoms with E-state index >= 15 is 0 Å². The standard InChI is InChI=1S/C22H26F3N7O3S/c1-36(34,35)31-7-6-14(11-31)32-20-18(10-26-21(30-20)27-13-2-4-15(33)5-3-13)28-22(32)29-19-16(24)8-12(23)9-17(19)25/h8-10,13-15,33H,2-7,11H2,1H3,(H,28,29)(H,26,27,30)/t13-,14-,15-/m1/s1. The van der Waals surface area contributed by atoms with Crippen LogP contribution in [0.3, 0.4) is 0 Å². The van der Waals surface area contributed by atoms with E-state index in [0.29, 0.717) is 48.5 Å². The number of aromatic nitrogens is 4. The van der Waals surface area contributed by atoms with Crippen molar-refractivity contribution in [3.63, 3.8) is 0 Å². The number of nitrogens with one attached hydrogen (secondary N) is 2. The maximum Gasteiger partial charge on any atom is 0.224 e. The summed E-state index contributed by atoms with van der Waals surface area (Å²) in [6, 6.07) is 0.769. The van der Waals surface area contributed by atoms with Gasteiger partial charge in [0.2, 0.25) is 21.9 Å². The minimum Gasteiger partial charge on any atom is -0.393 e. The summed E-state index contributed by atoms with van der Waals surface area (Å²) >= 11 is 0. The number of imidazole rings is 1. The Balaban J connectivity index is 1.54. The molecule has 2 aliphatic rings. The second kappa shape index (κ2) is 9.48. The number of rotatable bonds is 6. The second-order valence-electron chi connectivity index (χ2n) is 9.29. The summed E-state index contributed by atoms with van der Waals surface area (Å²) in [6.45, 7) is 0.392. The molecule has 3 N–H and O–H groups in total. The quantitative estimate of drug-likeness (QED) is 0.449. The molecule has 1 aromatic carbocycles. The van der Waals surface area contributed by atoms with Crippen LogP contribution >= 0.6 is 0 Å². The van der Waals surface area contributed by atoms with Crippen LogP contribution in [0.4, 0.5) is 30.8 Å². The first-order valence-corrected chi connectivity index (χ1v) is 13.5. The van der Waals surface area contributed by atoms with Gasteiger partial charge in [0.1, 0.15) is 17.0 Å². The molecule has 1 saturated carbocycles. The van der Waals surface area contributed by atoms with Gasteiger partial charge < -0.3 is 15.7 Å². The van der Waals surface area contributed by atoms with Crippen molar-refractivity contribution in [2.24, 2.45) is 0 Å². The molecule has 36 heavy (non-hydrogen) atoms. The molecule has 194 valence electrons. The number of fused-ring (bicyclic) bond motifs is 1. The molecule has 1 aliphatic carbocycles. The van der Waals surface area contributed by atoms with Crippen molar-refractivity contribution in [2.45, 2.75) is 50.3 Å². The van der Waals surface area contributed by atoms with Crippen molar-refractivity contribution >= 4 is 38.8 Å². The van der Waals surface area contributed by atoms with Crippen molar-refractivity contribution in [3.8, 4) is 0 Å². The fourth-order valence-electron chi connectivity index (χ4n) is 4.79. The predicted octanol–water partition coefficient (Wildman–Crippen LogP) is 2.91. The van der Waals surface area contributed by atoms with E-state index in [1.165, 1.54) is 10.5 Å². The molecule has 14 heteroatoms.